The van der Waals surface area contributed by atoms with Gasteiger partial charge in [-0.25, -0.2) is 9.97 Å². The fraction of sp³-hybridized carbons (Fsp3) is 0.222. The molecule has 0 spiro atoms. The molecular formula is C9H13N5O5. The van der Waals surface area contributed by atoms with Crippen LogP contribution in [0.5, 0.6) is 0 Å². The quantitative estimate of drug-likeness (QED) is 0.383. The Morgan fingerprint density at radius 2 is 1.47 bits per heavy atom. The van der Waals surface area contributed by atoms with Crippen molar-refractivity contribution in [3.63, 3.8) is 0 Å². The zero-order chi connectivity index (χ0) is 15.0. The van der Waals surface area contributed by atoms with E-state index in [9.17, 15) is 14.4 Å². The lowest BCUT2D eigenvalue weighted by Crippen LogP contribution is -2.33. The largest absolute Gasteiger partial charge is 0.480 e. The van der Waals surface area contributed by atoms with Gasteiger partial charge in [-0.2, -0.15) is 0 Å². The first-order chi connectivity index (χ1) is 8.79. The maximum Gasteiger partial charge on any atom is 0.322 e. The molecule has 0 saturated heterocycles. The van der Waals surface area contributed by atoms with Crippen molar-refractivity contribution >= 4 is 17.8 Å². The van der Waals surface area contributed by atoms with Gasteiger partial charge < -0.3 is 27.4 Å². The van der Waals surface area contributed by atoms with E-state index in [0.717, 1.165) is 12.4 Å². The average Bonchev–Trinajstić information content (AvgIpc) is 2.38. The Hall–Kier alpha value is -2.59. The van der Waals surface area contributed by atoms with Crippen molar-refractivity contribution in [2.45, 2.75) is 6.04 Å². The Labute approximate surface area is 107 Å². The number of primary amides is 2. The normalized spacial score (nSPS) is 10.8. The number of carbonyl (C=O) groups excluding carboxylic acids is 2. The van der Waals surface area contributed by atoms with Crippen LogP contribution >= 0.6 is 0 Å². The Balaban J connectivity index is 0.000000399. The molecule has 1 atom stereocenters. The molecule has 0 aliphatic carbocycles. The van der Waals surface area contributed by atoms with Gasteiger partial charge in [0.25, 0.3) is 11.8 Å². The van der Waals surface area contributed by atoms with Crippen molar-refractivity contribution < 1.29 is 24.6 Å². The van der Waals surface area contributed by atoms with E-state index >= 15 is 0 Å². The van der Waals surface area contributed by atoms with Crippen LogP contribution in [-0.4, -0.2) is 50.6 Å². The van der Waals surface area contributed by atoms with Gasteiger partial charge in [0.05, 0.1) is 19.0 Å². The van der Waals surface area contributed by atoms with Crippen molar-refractivity contribution in [2.75, 3.05) is 6.61 Å². The number of aromatic nitrogens is 2. The lowest BCUT2D eigenvalue weighted by atomic mass is 10.3. The summed E-state index contributed by atoms with van der Waals surface area (Å²) < 4.78 is 0. The second kappa shape index (κ2) is 7.68. The number of hydrogen-bond acceptors (Lipinski definition) is 7. The number of carbonyl (C=O) groups is 3. The SMILES string of the molecule is NC(=O)c1cnc(C(N)=O)cn1.N[C@@H](CO)C(=O)O. The molecule has 8 N–H and O–H groups in total. The highest BCUT2D eigenvalue weighted by molar-refractivity contribution is 5.92. The predicted octanol–water partition coefficient (Wildman–Crippen LogP) is -2.93. The average molecular weight is 271 g/mol. The van der Waals surface area contributed by atoms with Gasteiger partial charge in [0, 0.05) is 0 Å². The number of hydrogen-bond donors (Lipinski definition) is 5. The fourth-order valence-corrected chi connectivity index (χ4v) is 0.661. The second-order valence-corrected chi connectivity index (χ2v) is 3.14. The summed E-state index contributed by atoms with van der Waals surface area (Å²) in [6.07, 6.45) is 2.20. The number of nitrogens with two attached hydrogens (primary N) is 3. The second-order valence-electron chi connectivity index (χ2n) is 3.14. The topological polar surface area (TPSA) is 196 Å². The molecule has 0 aromatic carbocycles. The Bertz CT molecular complexity index is 428. The van der Waals surface area contributed by atoms with Crippen molar-refractivity contribution in [2.24, 2.45) is 17.2 Å². The van der Waals surface area contributed by atoms with Gasteiger partial charge in [-0.05, 0) is 0 Å². The van der Waals surface area contributed by atoms with Gasteiger partial charge in [0.15, 0.2) is 0 Å². The van der Waals surface area contributed by atoms with Gasteiger partial charge in [0.1, 0.15) is 17.4 Å². The number of rotatable bonds is 4. The highest BCUT2D eigenvalue weighted by Crippen LogP contribution is 1.92. The van der Waals surface area contributed by atoms with Gasteiger partial charge in [-0.15, -0.1) is 0 Å². The molecule has 2 amide bonds. The molecule has 0 aliphatic rings. The van der Waals surface area contributed by atoms with E-state index in [1.807, 2.05) is 0 Å². The van der Waals surface area contributed by atoms with Crippen LogP contribution in [0.1, 0.15) is 21.0 Å². The van der Waals surface area contributed by atoms with Crippen LogP contribution in [0.2, 0.25) is 0 Å². The molecule has 0 radical (unpaired) electrons. The molecule has 1 rings (SSSR count). The summed E-state index contributed by atoms with van der Waals surface area (Å²) in [7, 11) is 0. The summed E-state index contributed by atoms with van der Waals surface area (Å²) in [5.74, 6) is -2.57. The summed E-state index contributed by atoms with van der Waals surface area (Å²) in [4.78, 5) is 37.7. The van der Waals surface area contributed by atoms with Gasteiger partial charge in [-0.3, -0.25) is 14.4 Å². The minimum atomic E-state index is -1.18. The molecule has 0 saturated carbocycles. The Morgan fingerprint density at radius 1 is 1.11 bits per heavy atom. The maximum absolute atomic E-state index is 10.5. The van der Waals surface area contributed by atoms with Gasteiger partial charge >= 0.3 is 5.97 Å². The predicted molar refractivity (Wildman–Crippen MR) is 61.8 cm³/mol. The first-order valence-electron chi connectivity index (χ1n) is 4.80. The number of aliphatic hydroxyl groups is 1. The number of aliphatic carboxylic acids is 1. The number of carboxylic acid groups (broad SMARTS) is 1. The summed E-state index contributed by atoms with van der Waals surface area (Å²) >= 11 is 0. The molecule has 10 nitrogen and oxygen atoms in total. The molecule has 104 valence electrons. The van der Waals surface area contributed by atoms with E-state index in [4.69, 9.17) is 27.4 Å². The smallest absolute Gasteiger partial charge is 0.322 e. The first-order valence-corrected chi connectivity index (χ1v) is 4.80. The van der Waals surface area contributed by atoms with E-state index in [0.29, 0.717) is 0 Å². The number of nitrogens with zero attached hydrogens (tertiary/aromatic N) is 2. The third kappa shape index (κ3) is 6.05. The van der Waals surface area contributed by atoms with Crippen LogP contribution in [0.15, 0.2) is 12.4 Å². The maximum atomic E-state index is 10.5. The summed E-state index contributed by atoms with van der Waals surface area (Å²) in [5.41, 5.74) is 14.5. The zero-order valence-electron chi connectivity index (χ0n) is 9.68. The minimum Gasteiger partial charge on any atom is -0.480 e. The van der Waals surface area contributed by atoms with Crippen LogP contribution in [0.3, 0.4) is 0 Å². The van der Waals surface area contributed by atoms with Crippen molar-refractivity contribution in [3.8, 4) is 0 Å². The van der Waals surface area contributed by atoms with E-state index in [1.165, 1.54) is 0 Å². The Kier molecular flexibility index (Phi) is 6.63. The standard InChI is InChI=1S/C6H6N4O2.C3H7NO3/c7-5(11)3-1-9-4(2-10-3)6(8)12;4-2(1-5)3(6)7/h1-2H,(H2,7,11)(H2,8,12);2,5H,1,4H2,(H,6,7)/t;2-/m.0/s1. The lowest BCUT2D eigenvalue weighted by molar-refractivity contribution is -0.139. The van der Waals surface area contributed by atoms with Crippen LogP contribution < -0.4 is 17.2 Å². The monoisotopic (exact) mass is 271 g/mol. The van der Waals surface area contributed by atoms with Crippen LogP contribution in [0.4, 0.5) is 0 Å². The number of carboxylic acids is 1. The summed E-state index contributed by atoms with van der Waals surface area (Å²) in [6.45, 7) is -0.505. The van der Waals surface area contributed by atoms with Crippen LogP contribution in [-0.2, 0) is 4.79 Å². The molecular weight excluding hydrogens is 258 g/mol. The van der Waals surface area contributed by atoms with E-state index in [-0.39, 0.29) is 11.4 Å². The third-order valence-corrected chi connectivity index (χ3v) is 1.67. The highest BCUT2D eigenvalue weighted by Gasteiger charge is 2.07. The molecule has 10 heteroatoms. The Morgan fingerprint density at radius 3 is 1.58 bits per heavy atom. The molecule has 0 bridgehead atoms. The van der Waals surface area contributed by atoms with Gasteiger partial charge in [0.2, 0.25) is 0 Å². The van der Waals surface area contributed by atoms with Crippen molar-refractivity contribution in [1.29, 1.82) is 0 Å². The minimum absolute atomic E-state index is 0.000000000000000222. The number of amides is 2. The lowest BCUT2D eigenvalue weighted by Gasteiger charge is -1.96. The molecule has 1 aromatic heterocycles. The number of aliphatic hydroxyl groups excluding tert-OH is 1. The molecule has 0 fully saturated rings. The molecule has 1 aromatic rings. The molecule has 1 heterocycles. The zero-order valence-corrected chi connectivity index (χ0v) is 9.68. The van der Waals surface area contributed by atoms with E-state index in [2.05, 4.69) is 9.97 Å². The summed E-state index contributed by atoms with van der Waals surface area (Å²) in [5, 5.41) is 15.9. The highest BCUT2D eigenvalue weighted by atomic mass is 16.4. The third-order valence-electron chi connectivity index (χ3n) is 1.67. The fourth-order valence-electron chi connectivity index (χ4n) is 0.661. The molecule has 0 unspecified atom stereocenters. The molecule has 19 heavy (non-hydrogen) atoms. The molecule has 0 aliphatic heterocycles. The van der Waals surface area contributed by atoms with Gasteiger partial charge in [-0.1, -0.05) is 0 Å². The summed E-state index contributed by atoms with van der Waals surface area (Å²) in [6, 6.07) is -1.13. The van der Waals surface area contributed by atoms with E-state index in [1.54, 1.807) is 0 Å². The van der Waals surface area contributed by atoms with Crippen LogP contribution in [0.25, 0.3) is 0 Å². The van der Waals surface area contributed by atoms with Crippen molar-refractivity contribution in [3.05, 3.63) is 23.8 Å². The van der Waals surface area contributed by atoms with E-state index < -0.39 is 30.4 Å². The van der Waals surface area contributed by atoms with Crippen LogP contribution in [0, 0.1) is 0 Å². The van der Waals surface area contributed by atoms with Crippen molar-refractivity contribution in [1.82, 2.24) is 9.97 Å². The first kappa shape index (κ1) is 16.4.